The van der Waals surface area contributed by atoms with Crippen LogP contribution in [0.2, 0.25) is 0 Å². The molecule has 2 aromatic carbocycles. The highest BCUT2D eigenvalue weighted by Gasteiger charge is 2.16. The first-order chi connectivity index (χ1) is 14.1. The molecular formula is C23H25N3O3. The molecule has 1 N–H and O–H groups in total. The van der Waals surface area contributed by atoms with Gasteiger partial charge in [-0.05, 0) is 36.8 Å². The third-order valence-corrected chi connectivity index (χ3v) is 4.56. The largest absolute Gasteiger partial charge is 0.497 e. The summed E-state index contributed by atoms with van der Waals surface area (Å²) in [5.74, 6) is 1.86. The van der Waals surface area contributed by atoms with Crippen molar-refractivity contribution >= 4 is 17.4 Å². The summed E-state index contributed by atoms with van der Waals surface area (Å²) in [4.78, 5) is 19.2. The van der Waals surface area contributed by atoms with Crippen LogP contribution in [0.3, 0.4) is 0 Å². The van der Waals surface area contributed by atoms with E-state index < -0.39 is 0 Å². The number of rotatable bonds is 8. The van der Waals surface area contributed by atoms with Gasteiger partial charge in [0.1, 0.15) is 17.3 Å². The Morgan fingerprint density at radius 2 is 1.83 bits per heavy atom. The molecule has 0 atom stereocenters. The van der Waals surface area contributed by atoms with E-state index in [0.717, 1.165) is 5.56 Å². The van der Waals surface area contributed by atoms with Gasteiger partial charge >= 0.3 is 0 Å². The highest BCUT2D eigenvalue weighted by atomic mass is 16.5. The number of nitrogens with one attached hydrogen (secondary N) is 1. The van der Waals surface area contributed by atoms with Crippen molar-refractivity contribution in [1.29, 1.82) is 0 Å². The average molecular weight is 391 g/mol. The van der Waals surface area contributed by atoms with Crippen molar-refractivity contribution < 1.29 is 14.3 Å². The predicted molar refractivity (Wildman–Crippen MR) is 114 cm³/mol. The van der Waals surface area contributed by atoms with Crippen LogP contribution in [-0.4, -0.2) is 36.6 Å². The molecule has 0 saturated carbocycles. The monoisotopic (exact) mass is 391 g/mol. The quantitative estimate of drug-likeness (QED) is 0.612. The third-order valence-electron chi connectivity index (χ3n) is 4.56. The summed E-state index contributed by atoms with van der Waals surface area (Å²) < 4.78 is 10.7. The van der Waals surface area contributed by atoms with Crippen molar-refractivity contribution in [2.45, 2.75) is 13.5 Å². The Kier molecular flexibility index (Phi) is 6.68. The first-order valence-electron chi connectivity index (χ1n) is 9.43. The molecule has 0 saturated heterocycles. The highest BCUT2D eigenvalue weighted by molar-refractivity contribution is 5.95. The van der Waals surface area contributed by atoms with Crippen molar-refractivity contribution in [3.05, 3.63) is 78.0 Å². The zero-order chi connectivity index (χ0) is 20.6. The van der Waals surface area contributed by atoms with Crippen molar-refractivity contribution in [3.8, 4) is 11.5 Å². The minimum Gasteiger partial charge on any atom is -0.497 e. The van der Waals surface area contributed by atoms with E-state index in [2.05, 4.69) is 10.3 Å². The van der Waals surface area contributed by atoms with Gasteiger partial charge in [-0.3, -0.25) is 4.79 Å². The van der Waals surface area contributed by atoms with Gasteiger partial charge in [0.15, 0.2) is 0 Å². The van der Waals surface area contributed by atoms with Crippen LogP contribution in [0.4, 0.5) is 11.5 Å². The summed E-state index contributed by atoms with van der Waals surface area (Å²) in [5, 5.41) is 3.21. The number of carbonyl (C=O) groups excluding carboxylic acids is 1. The maximum absolute atomic E-state index is 13.0. The Morgan fingerprint density at radius 1 is 1.03 bits per heavy atom. The van der Waals surface area contributed by atoms with Gasteiger partial charge in [-0.2, -0.15) is 0 Å². The molecule has 3 aromatic rings. The van der Waals surface area contributed by atoms with E-state index in [9.17, 15) is 4.79 Å². The number of benzene rings is 2. The van der Waals surface area contributed by atoms with Gasteiger partial charge in [-0.25, -0.2) is 4.98 Å². The van der Waals surface area contributed by atoms with E-state index in [4.69, 9.17) is 9.47 Å². The summed E-state index contributed by atoms with van der Waals surface area (Å²) >= 11 is 0. The van der Waals surface area contributed by atoms with Gasteiger partial charge in [-0.1, -0.05) is 30.3 Å². The van der Waals surface area contributed by atoms with Crippen LogP contribution in [-0.2, 0) is 6.54 Å². The minimum absolute atomic E-state index is 0.0422. The Morgan fingerprint density at radius 3 is 2.52 bits per heavy atom. The molecule has 0 aliphatic rings. The lowest BCUT2D eigenvalue weighted by Crippen LogP contribution is -2.30. The molecule has 3 rings (SSSR count). The Labute approximate surface area is 171 Å². The fourth-order valence-electron chi connectivity index (χ4n) is 3.00. The molecule has 6 nitrogen and oxygen atoms in total. The van der Waals surface area contributed by atoms with E-state index in [1.165, 1.54) is 0 Å². The van der Waals surface area contributed by atoms with E-state index in [0.29, 0.717) is 41.7 Å². The van der Waals surface area contributed by atoms with Gasteiger partial charge in [-0.15, -0.1) is 0 Å². The van der Waals surface area contributed by atoms with E-state index in [1.807, 2.05) is 55.5 Å². The topological polar surface area (TPSA) is 63.7 Å². The molecule has 1 heterocycles. The maximum atomic E-state index is 13.0. The first-order valence-corrected chi connectivity index (χ1v) is 9.43. The van der Waals surface area contributed by atoms with Crippen LogP contribution >= 0.6 is 0 Å². The van der Waals surface area contributed by atoms with E-state index in [1.54, 1.807) is 37.4 Å². The molecule has 29 heavy (non-hydrogen) atoms. The molecule has 150 valence electrons. The molecule has 0 bridgehead atoms. The zero-order valence-corrected chi connectivity index (χ0v) is 16.9. The number of ether oxygens (including phenoxy) is 2. The Hall–Kier alpha value is -3.54. The second kappa shape index (κ2) is 9.59. The zero-order valence-electron chi connectivity index (χ0n) is 16.9. The fraction of sp³-hybridized carbons (Fsp3) is 0.217. The van der Waals surface area contributed by atoms with Gasteiger partial charge in [0.25, 0.3) is 5.91 Å². The van der Waals surface area contributed by atoms with Crippen molar-refractivity contribution in [2.75, 3.05) is 26.1 Å². The molecule has 0 radical (unpaired) electrons. The van der Waals surface area contributed by atoms with Crippen LogP contribution in [0, 0.1) is 0 Å². The summed E-state index contributed by atoms with van der Waals surface area (Å²) in [7, 11) is 3.21. The molecule has 0 fully saturated rings. The van der Waals surface area contributed by atoms with E-state index >= 15 is 0 Å². The average Bonchev–Trinajstić information content (AvgIpc) is 2.77. The predicted octanol–water partition coefficient (Wildman–Crippen LogP) is 4.50. The fourth-order valence-corrected chi connectivity index (χ4v) is 3.00. The van der Waals surface area contributed by atoms with Gasteiger partial charge in [0.05, 0.1) is 19.9 Å². The summed E-state index contributed by atoms with van der Waals surface area (Å²) in [6.45, 7) is 3.15. The third kappa shape index (κ3) is 5.04. The number of anilines is 2. The summed E-state index contributed by atoms with van der Waals surface area (Å²) in [6, 6.07) is 18.9. The lowest BCUT2D eigenvalue weighted by atomic mass is 10.1. The summed E-state index contributed by atoms with van der Waals surface area (Å²) in [5.41, 5.74) is 2.37. The molecular weight excluding hydrogens is 366 g/mol. The number of methoxy groups -OCH3 is 2. The van der Waals surface area contributed by atoms with Crippen molar-refractivity contribution in [1.82, 2.24) is 9.88 Å². The van der Waals surface area contributed by atoms with Gasteiger partial charge in [0, 0.05) is 30.9 Å². The Balaban J connectivity index is 1.81. The highest BCUT2D eigenvalue weighted by Crippen LogP contribution is 2.31. The second-order valence-electron chi connectivity index (χ2n) is 6.43. The van der Waals surface area contributed by atoms with Gasteiger partial charge < -0.3 is 19.7 Å². The molecule has 0 spiro atoms. The van der Waals surface area contributed by atoms with Gasteiger partial charge in [0.2, 0.25) is 0 Å². The lowest BCUT2D eigenvalue weighted by molar-refractivity contribution is 0.0752. The molecule has 1 aromatic heterocycles. The van der Waals surface area contributed by atoms with Crippen LogP contribution in [0.1, 0.15) is 22.8 Å². The normalized spacial score (nSPS) is 10.3. The first kappa shape index (κ1) is 20.2. The molecule has 1 amide bonds. The Bertz CT molecular complexity index is 961. The standard InChI is InChI=1S/C23H25N3O3/c1-4-26(16-17-8-6-5-7-9-17)23(27)18-12-13-24-22(14-18)25-20-15-19(28-2)10-11-21(20)29-3/h5-15H,4,16H2,1-3H3,(H,24,25). The lowest BCUT2D eigenvalue weighted by Gasteiger charge is -2.21. The van der Waals surface area contributed by atoms with Crippen molar-refractivity contribution in [2.24, 2.45) is 0 Å². The molecule has 0 aliphatic heterocycles. The van der Waals surface area contributed by atoms with Crippen LogP contribution < -0.4 is 14.8 Å². The van der Waals surface area contributed by atoms with Crippen LogP contribution in [0.15, 0.2) is 66.9 Å². The minimum atomic E-state index is -0.0422. The molecule has 0 aliphatic carbocycles. The van der Waals surface area contributed by atoms with Crippen LogP contribution in [0.5, 0.6) is 11.5 Å². The number of carbonyl (C=O) groups is 1. The number of aromatic nitrogens is 1. The number of hydrogen-bond acceptors (Lipinski definition) is 5. The molecule has 6 heteroatoms. The number of nitrogens with zero attached hydrogens (tertiary/aromatic N) is 2. The maximum Gasteiger partial charge on any atom is 0.254 e. The second-order valence-corrected chi connectivity index (χ2v) is 6.43. The number of amides is 1. The SMILES string of the molecule is CCN(Cc1ccccc1)C(=O)c1ccnc(Nc2cc(OC)ccc2OC)c1. The summed E-state index contributed by atoms with van der Waals surface area (Å²) in [6.07, 6.45) is 1.62. The molecule has 0 unspecified atom stereocenters. The smallest absolute Gasteiger partial charge is 0.254 e. The van der Waals surface area contributed by atoms with E-state index in [-0.39, 0.29) is 5.91 Å². The van der Waals surface area contributed by atoms with Crippen LogP contribution in [0.25, 0.3) is 0 Å². The number of pyridine rings is 1. The number of hydrogen-bond donors (Lipinski definition) is 1. The van der Waals surface area contributed by atoms with Crippen molar-refractivity contribution in [3.63, 3.8) is 0 Å².